The summed E-state index contributed by atoms with van der Waals surface area (Å²) in [5.74, 6) is 1.44. The number of benzene rings is 2. The molecule has 0 aromatic heterocycles. The van der Waals surface area contributed by atoms with Crippen molar-refractivity contribution in [2.24, 2.45) is 0 Å². The number of hydrogen-bond donors (Lipinski definition) is 1. The Kier molecular flexibility index (Phi) is 7.16. The number of ether oxygens (including phenoxy) is 1. The predicted octanol–water partition coefficient (Wildman–Crippen LogP) is 3.10. The molecule has 2 amide bonds. The van der Waals surface area contributed by atoms with Crippen molar-refractivity contribution < 1.29 is 14.3 Å². The van der Waals surface area contributed by atoms with Crippen LogP contribution in [0.4, 0.5) is 4.79 Å². The molecule has 27 heavy (non-hydrogen) atoms. The van der Waals surface area contributed by atoms with Gasteiger partial charge in [0.05, 0.1) is 0 Å². The summed E-state index contributed by atoms with van der Waals surface area (Å²) in [7, 11) is 0. The molecular weight excluding hydrogens is 360 g/mol. The van der Waals surface area contributed by atoms with Crippen LogP contribution in [0.5, 0.6) is 0 Å². The first-order chi connectivity index (χ1) is 13.2. The van der Waals surface area contributed by atoms with Crippen LogP contribution < -0.4 is 5.32 Å². The lowest BCUT2D eigenvalue weighted by Gasteiger charge is -2.28. The fourth-order valence-corrected chi connectivity index (χ4v) is 3.78. The van der Waals surface area contributed by atoms with Crippen LogP contribution in [0.25, 0.3) is 0 Å². The maximum atomic E-state index is 12.7. The number of carbonyl (C=O) groups excluding carboxylic acids is 2. The molecule has 0 bridgehead atoms. The summed E-state index contributed by atoms with van der Waals surface area (Å²) in [4.78, 5) is 27.0. The van der Waals surface area contributed by atoms with Crippen LogP contribution in [0.2, 0.25) is 0 Å². The number of rotatable bonds is 6. The zero-order chi connectivity index (χ0) is 18.9. The normalized spacial score (nSPS) is 15.0. The Hall–Kier alpha value is -2.47. The first kappa shape index (κ1) is 19.3. The van der Waals surface area contributed by atoms with Crippen LogP contribution in [-0.2, 0) is 22.6 Å². The van der Waals surface area contributed by atoms with E-state index in [2.05, 4.69) is 5.32 Å². The van der Waals surface area contributed by atoms with Crippen LogP contribution in [0, 0.1) is 0 Å². The van der Waals surface area contributed by atoms with Crippen molar-refractivity contribution in [1.29, 1.82) is 0 Å². The molecule has 0 spiro atoms. The third kappa shape index (κ3) is 6.03. The molecule has 2 aromatic rings. The first-order valence-corrected chi connectivity index (χ1v) is 10.3. The number of nitrogens with one attached hydrogen (secondary N) is 1. The van der Waals surface area contributed by atoms with Gasteiger partial charge >= 0.3 is 12.0 Å². The number of urea groups is 1. The maximum absolute atomic E-state index is 12.7. The van der Waals surface area contributed by atoms with Gasteiger partial charge in [-0.15, -0.1) is 0 Å². The van der Waals surface area contributed by atoms with E-state index < -0.39 is 12.0 Å². The average Bonchev–Trinajstić information content (AvgIpc) is 2.73. The molecule has 0 saturated carbocycles. The van der Waals surface area contributed by atoms with E-state index >= 15 is 0 Å². The Bertz CT molecular complexity index is 734. The van der Waals surface area contributed by atoms with E-state index in [0.717, 1.165) is 22.6 Å². The average molecular weight is 385 g/mol. The van der Waals surface area contributed by atoms with Crippen LogP contribution in [0.1, 0.15) is 11.1 Å². The lowest BCUT2D eigenvalue weighted by molar-refractivity contribution is -0.147. The molecule has 1 N–H and O–H groups in total. The summed E-state index contributed by atoms with van der Waals surface area (Å²) in [5, 5.41) is 2.87. The van der Waals surface area contributed by atoms with Crippen molar-refractivity contribution in [3.05, 3.63) is 71.8 Å². The van der Waals surface area contributed by atoms with Crippen LogP contribution >= 0.6 is 11.8 Å². The van der Waals surface area contributed by atoms with E-state index in [1.165, 1.54) is 0 Å². The monoisotopic (exact) mass is 384 g/mol. The Balaban J connectivity index is 1.64. The van der Waals surface area contributed by atoms with Gasteiger partial charge in [-0.1, -0.05) is 60.7 Å². The van der Waals surface area contributed by atoms with E-state index in [4.69, 9.17) is 4.74 Å². The van der Waals surface area contributed by atoms with Gasteiger partial charge in [-0.05, 0) is 11.1 Å². The van der Waals surface area contributed by atoms with Gasteiger partial charge in [0.25, 0.3) is 0 Å². The van der Waals surface area contributed by atoms with Crippen molar-refractivity contribution in [2.45, 2.75) is 19.1 Å². The minimum Gasteiger partial charge on any atom is -0.459 e. The zero-order valence-electron chi connectivity index (χ0n) is 15.2. The lowest BCUT2D eigenvalue weighted by Crippen LogP contribution is -2.51. The summed E-state index contributed by atoms with van der Waals surface area (Å²) in [6.45, 7) is 1.60. The molecule has 1 aliphatic heterocycles. The largest absolute Gasteiger partial charge is 0.459 e. The van der Waals surface area contributed by atoms with Crippen molar-refractivity contribution in [3.8, 4) is 0 Å². The topological polar surface area (TPSA) is 58.6 Å². The molecule has 1 heterocycles. The highest BCUT2D eigenvalue weighted by Crippen LogP contribution is 2.11. The van der Waals surface area contributed by atoms with Gasteiger partial charge in [-0.3, -0.25) is 0 Å². The summed E-state index contributed by atoms with van der Waals surface area (Å²) < 4.78 is 5.47. The molecule has 0 radical (unpaired) electrons. The molecule has 1 fully saturated rings. The second kappa shape index (κ2) is 10.0. The minimum atomic E-state index is -0.710. The Morgan fingerprint density at radius 3 is 2.19 bits per heavy atom. The fourth-order valence-electron chi connectivity index (χ4n) is 2.88. The quantitative estimate of drug-likeness (QED) is 0.778. The van der Waals surface area contributed by atoms with Gasteiger partial charge in [0, 0.05) is 31.0 Å². The van der Waals surface area contributed by atoms with Crippen LogP contribution in [0.15, 0.2) is 60.7 Å². The number of thioether (sulfide) groups is 1. The fraction of sp³-hybridized carbons (Fsp3) is 0.333. The van der Waals surface area contributed by atoms with E-state index in [1.807, 2.05) is 72.4 Å². The number of carbonyl (C=O) groups is 2. The minimum absolute atomic E-state index is 0.196. The second-order valence-electron chi connectivity index (χ2n) is 6.38. The SMILES string of the molecule is O=C(OCc1ccccc1)[C@H](Cc1ccccc1)NC(=O)N1CCSCC1. The molecule has 0 aliphatic carbocycles. The smallest absolute Gasteiger partial charge is 0.329 e. The van der Waals surface area contributed by atoms with Gasteiger partial charge in [0.1, 0.15) is 12.6 Å². The number of amides is 2. The third-order valence-corrected chi connectivity index (χ3v) is 5.33. The zero-order valence-corrected chi connectivity index (χ0v) is 16.0. The van der Waals surface area contributed by atoms with Crippen molar-refractivity contribution in [1.82, 2.24) is 10.2 Å². The van der Waals surface area contributed by atoms with Gasteiger partial charge in [0.15, 0.2) is 0 Å². The highest BCUT2D eigenvalue weighted by atomic mass is 32.2. The molecule has 1 saturated heterocycles. The van der Waals surface area contributed by atoms with E-state index in [1.54, 1.807) is 4.90 Å². The maximum Gasteiger partial charge on any atom is 0.329 e. The van der Waals surface area contributed by atoms with Crippen LogP contribution in [0.3, 0.4) is 0 Å². The summed E-state index contributed by atoms with van der Waals surface area (Å²) in [5.41, 5.74) is 1.90. The van der Waals surface area contributed by atoms with E-state index in [-0.39, 0.29) is 12.6 Å². The molecule has 142 valence electrons. The van der Waals surface area contributed by atoms with Gasteiger partial charge in [0.2, 0.25) is 0 Å². The van der Waals surface area contributed by atoms with E-state index in [0.29, 0.717) is 19.5 Å². The van der Waals surface area contributed by atoms with Gasteiger partial charge < -0.3 is 15.0 Å². The van der Waals surface area contributed by atoms with Crippen molar-refractivity contribution in [2.75, 3.05) is 24.6 Å². The number of hydrogen-bond acceptors (Lipinski definition) is 4. The molecule has 1 atom stereocenters. The lowest BCUT2D eigenvalue weighted by atomic mass is 10.1. The Morgan fingerprint density at radius 2 is 1.56 bits per heavy atom. The van der Waals surface area contributed by atoms with Crippen molar-refractivity contribution in [3.63, 3.8) is 0 Å². The molecule has 3 rings (SSSR count). The Labute approximate surface area is 164 Å². The summed E-state index contributed by atoms with van der Waals surface area (Å²) >= 11 is 1.84. The summed E-state index contributed by atoms with van der Waals surface area (Å²) in [6.07, 6.45) is 0.406. The predicted molar refractivity (Wildman–Crippen MR) is 108 cm³/mol. The van der Waals surface area contributed by atoms with Crippen LogP contribution in [-0.4, -0.2) is 47.5 Å². The molecule has 1 aliphatic rings. The molecule has 6 heteroatoms. The van der Waals surface area contributed by atoms with Gasteiger partial charge in [-0.25, -0.2) is 9.59 Å². The Morgan fingerprint density at radius 1 is 0.963 bits per heavy atom. The second-order valence-corrected chi connectivity index (χ2v) is 7.61. The van der Waals surface area contributed by atoms with E-state index in [9.17, 15) is 9.59 Å². The molecule has 0 unspecified atom stereocenters. The van der Waals surface area contributed by atoms with Gasteiger partial charge in [-0.2, -0.15) is 11.8 Å². The number of nitrogens with zero attached hydrogens (tertiary/aromatic N) is 1. The first-order valence-electron chi connectivity index (χ1n) is 9.10. The molecule has 5 nitrogen and oxygen atoms in total. The molecular formula is C21H24N2O3S. The highest BCUT2D eigenvalue weighted by molar-refractivity contribution is 7.99. The summed E-state index contributed by atoms with van der Waals surface area (Å²) in [6, 6.07) is 18.3. The standard InChI is InChI=1S/C21H24N2O3S/c24-20(26-16-18-9-5-2-6-10-18)19(15-17-7-3-1-4-8-17)22-21(25)23-11-13-27-14-12-23/h1-10,19H,11-16H2,(H,22,25)/t19-/m0/s1. The van der Waals surface area contributed by atoms with Crippen molar-refractivity contribution >= 4 is 23.8 Å². The third-order valence-electron chi connectivity index (χ3n) is 4.39. The number of esters is 1. The highest BCUT2D eigenvalue weighted by Gasteiger charge is 2.26. The molecule has 2 aromatic carbocycles.